The van der Waals surface area contributed by atoms with Crippen LogP contribution in [-0.4, -0.2) is 23.9 Å². The third kappa shape index (κ3) is 5.91. The largest absolute Gasteiger partial charge is 0.356 e. The van der Waals surface area contributed by atoms with Gasteiger partial charge in [-0.15, -0.1) is 0 Å². The molecule has 0 spiro atoms. The first-order chi connectivity index (χ1) is 9.91. The lowest BCUT2D eigenvalue weighted by atomic mass is 10.1. The molecule has 0 unspecified atom stereocenters. The van der Waals surface area contributed by atoms with Crippen molar-refractivity contribution in [2.75, 3.05) is 13.1 Å². The van der Waals surface area contributed by atoms with Gasteiger partial charge >= 0.3 is 0 Å². The number of rotatable bonds is 8. The summed E-state index contributed by atoms with van der Waals surface area (Å²) in [5, 5.41) is 16.8. The zero-order chi connectivity index (χ0) is 15.8. The Labute approximate surface area is 125 Å². The molecule has 21 heavy (non-hydrogen) atoms. The second-order valence-electron chi connectivity index (χ2n) is 5.44. The molecule has 0 saturated carbocycles. The number of hydrogen-bond donors (Lipinski definition) is 2. The van der Waals surface area contributed by atoms with Crippen LogP contribution < -0.4 is 10.6 Å². The molecule has 6 nitrogen and oxygen atoms in total. The van der Waals surface area contributed by atoms with E-state index in [1.54, 1.807) is 13.0 Å². The first kappa shape index (κ1) is 17.1. The summed E-state index contributed by atoms with van der Waals surface area (Å²) in [5.41, 5.74) is 1.68. The zero-order valence-corrected chi connectivity index (χ0v) is 12.8. The van der Waals surface area contributed by atoms with Gasteiger partial charge in [0.15, 0.2) is 0 Å². The molecule has 0 aliphatic rings. The molecule has 116 valence electrons. The van der Waals surface area contributed by atoms with E-state index in [1.165, 1.54) is 6.07 Å². The Bertz CT molecular complexity index is 501. The fourth-order valence-electron chi connectivity index (χ4n) is 1.89. The molecule has 0 atom stereocenters. The second-order valence-corrected chi connectivity index (χ2v) is 5.44. The first-order valence-electron chi connectivity index (χ1n) is 7.12. The van der Waals surface area contributed by atoms with Gasteiger partial charge in [-0.2, -0.15) is 0 Å². The average molecular weight is 293 g/mol. The van der Waals surface area contributed by atoms with E-state index in [0.717, 1.165) is 5.56 Å². The third-order valence-corrected chi connectivity index (χ3v) is 3.17. The Kier molecular flexibility index (Phi) is 6.81. The Hall–Kier alpha value is -1.95. The summed E-state index contributed by atoms with van der Waals surface area (Å²) in [5.74, 6) is 0.460. The Morgan fingerprint density at radius 2 is 2.10 bits per heavy atom. The van der Waals surface area contributed by atoms with E-state index in [-0.39, 0.29) is 16.5 Å². The minimum Gasteiger partial charge on any atom is -0.356 e. The second kappa shape index (κ2) is 8.36. The fraction of sp³-hybridized carbons (Fsp3) is 0.533. The maximum Gasteiger partial charge on any atom is 0.272 e. The van der Waals surface area contributed by atoms with Gasteiger partial charge in [-0.25, -0.2) is 0 Å². The molecule has 1 amide bonds. The van der Waals surface area contributed by atoms with Crippen LogP contribution in [0.3, 0.4) is 0 Å². The number of carbonyl (C=O) groups excluding carboxylic acids is 1. The summed E-state index contributed by atoms with van der Waals surface area (Å²) in [6.07, 6.45) is 0.403. The quantitative estimate of drug-likeness (QED) is 0.437. The molecule has 0 fully saturated rings. The van der Waals surface area contributed by atoms with E-state index in [9.17, 15) is 14.9 Å². The third-order valence-electron chi connectivity index (χ3n) is 3.17. The SMILES string of the molecule is Cc1c(CNCCC(=O)NCC(C)C)cccc1[N+](=O)[O-]. The summed E-state index contributed by atoms with van der Waals surface area (Å²) in [4.78, 5) is 22.0. The predicted molar refractivity (Wildman–Crippen MR) is 82.0 cm³/mol. The van der Waals surface area contributed by atoms with Crippen LogP contribution in [0, 0.1) is 23.0 Å². The molecule has 6 heteroatoms. The number of nitrogens with one attached hydrogen (secondary N) is 2. The molecule has 0 radical (unpaired) electrons. The van der Waals surface area contributed by atoms with E-state index >= 15 is 0 Å². The molecule has 2 N–H and O–H groups in total. The van der Waals surface area contributed by atoms with Crippen molar-refractivity contribution in [3.05, 3.63) is 39.4 Å². The molecule has 0 aromatic heterocycles. The Balaban J connectivity index is 2.38. The highest BCUT2D eigenvalue weighted by atomic mass is 16.6. The highest BCUT2D eigenvalue weighted by Gasteiger charge is 2.12. The van der Waals surface area contributed by atoms with E-state index < -0.39 is 0 Å². The van der Waals surface area contributed by atoms with E-state index in [2.05, 4.69) is 10.6 Å². The van der Waals surface area contributed by atoms with Gasteiger partial charge in [0.05, 0.1) is 4.92 Å². The van der Waals surface area contributed by atoms with E-state index in [4.69, 9.17) is 0 Å². The molecular weight excluding hydrogens is 270 g/mol. The Morgan fingerprint density at radius 3 is 2.71 bits per heavy atom. The maximum atomic E-state index is 11.5. The van der Waals surface area contributed by atoms with Crippen LogP contribution in [0.5, 0.6) is 0 Å². The topological polar surface area (TPSA) is 84.3 Å². The number of amides is 1. The highest BCUT2D eigenvalue weighted by molar-refractivity contribution is 5.76. The van der Waals surface area contributed by atoms with Gasteiger partial charge in [0.1, 0.15) is 0 Å². The van der Waals surface area contributed by atoms with Gasteiger partial charge in [-0.05, 0) is 18.4 Å². The van der Waals surface area contributed by atoms with Crippen LogP contribution in [-0.2, 0) is 11.3 Å². The lowest BCUT2D eigenvalue weighted by molar-refractivity contribution is -0.385. The van der Waals surface area contributed by atoms with E-state index in [1.807, 2.05) is 19.9 Å². The summed E-state index contributed by atoms with van der Waals surface area (Å²) >= 11 is 0. The molecule has 0 saturated heterocycles. The smallest absolute Gasteiger partial charge is 0.272 e. The molecule has 1 aromatic rings. The highest BCUT2D eigenvalue weighted by Crippen LogP contribution is 2.20. The van der Waals surface area contributed by atoms with Gasteiger partial charge in [-0.3, -0.25) is 14.9 Å². The number of nitrogens with zero attached hydrogens (tertiary/aromatic N) is 1. The minimum absolute atomic E-state index is 0.0203. The van der Waals surface area contributed by atoms with Crippen molar-refractivity contribution in [3.63, 3.8) is 0 Å². The molecule has 0 heterocycles. The average Bonchev–Trinajstić information content (AvgIpc) is 2.42. The normalized spacial score (nSPS) is 10.7. The molecule has 1 rings (SSSR count). The Morgan fingerprint density at radius 1 is 1.38 bits per heavy atom. The van der Waals surface area contributed by atoms with Crippen molar-refractivity contribution in [2.24, 2.45) is 5.92 Å². The first-order valence-corrected chi connectivity index (χ1v) is 7.12. The van der Waals surface area contributed by atoms with Gasteiger partial charge in [0, 0.05) is 37.7 Å². The fourth-order valence-corrected chi connectivity index (χ4v) is 1.89. The van der Waals surface area contributed by atoms with Crippen molar-refractivity contribution >= 4 is 11.6 Å². The summed E-state index contributed by atoms with van der Waals surface area (Å²) in [7, 11) is 0. The van der Waals surface area contributed by atoms with Gasteiger partial charge in [0.25, 0.3) is 5.69 Å². The van der Waals surface area contributed by atoms with Crippen LogP contribution in [0.2, 0.25) is 0 Å². The molecule has 1 aromatic carbocycles. The molecule has 0 aliphatic carbocycles. The maximum absolute atomic E-state index is 11.5. The minimum atomic E-state index is -0.377. The molecule has 0 aliphatic heterocycles. The standard InChI is InChI=1S/C15H23N3O3/c1-11(2)9-17-15(19)7-8-16-10-13-5-4-6-14(12(13)3)18(20)21/h4-6,11,16H,7-10H2,1-3H3,(H,17,19). The van der Waals surface area contributed by atoms with Crippen molar-refractivity contribution in [1.82, 2.24) is 10.6 Å². The number of nitro groups is 1. The van der Waals surface area contributed by atoms with Crippen LogP contribution in [0.15, 0.2) is 18.2 Å². The van der Waals surface area contributed by atoms with Crippen LogP contribution in [0.4, 0.5) is 5.69 Å². The van der Waals surface area contributed by atoms with Crippen molar-refractivity contribution < 1.29 is 9.72 Å². The number of nitro benzene ring substituents is 1. The summed E-state index contributed by atoms with van der Waals surface area (Å²) in [6.45, 7) is 7.58. The van der Waals surface area contributed by atoms with Crippen molar-refractivity contribution in [1.29, 1.82) is 0 Å². The molecular formula is C15H23N3O3. The lowest BCUT2D eigenvalue weighted by Gasteiger charge is -2.09. The van der Waals surface area contributed by atoms with E-state index in [0.29, 0.717) is 37.5 Å². The van der Waals surface area contributed by atoms with Crippen molar-refractivity contribution in [3.8, 4) is 0 Å². The van der Waals surface area contributed by atoms with Gasteiger partial charge < -0.3 is 10.6 Å². The van der Waals surface area contributed by atoms with Crippen molar-refractivity contribution in [2.45, 2.75) is 33.7 Å². The van der Waals surface area contributed by atoms with Crippen LogP contribution in [0.25, 0.3) is 0 Å². The summed E-state index contributed by atoms with van der Waals surface area (Å²) in [6, 6.07) is 5.03. The predicted octanol–water partition coefficient (Wildman–Crippen LogP) is 2.16. The van der Waals surface area contributed by atoms with Crippen LogP contribution in [0.1, 0.15) is 31.4 Å². The van der Waals surface area contributed by atoms with Crippen LogP contribution >= 0.6 is 0 Å². The number of hydrogen-bond acceptors (Lipinski definition) is 4. The number of carbonyl (C=O) groups is 1. The molecule has 0 bridgehead atoms. The zero-order valence-electron chi connectivity index (χ0n) is 12.8. The monoisotopic (exact) mass is 293 g/mol. The number of benzene rings is 1. The lowest BCUT2D eigenvalue weighted by Crippen LogP contribution is -2.30. The summed E-state index contributed by atoms with van der Waals surface area (Å²) < 4.78 is 0. The van der Waals surface area contributed by atoms with Gasteiger partial charge in [0.2, 0.25) is 5.91 Å². The van der Waals surface area contributed by atoms with Gasteiger partial charge in [-0.1, -0.05) is 26.0 Å².